The summed E-state index contributed by atoms with van der Waals surface area (Å²) in [7, 11) is 2.16. The van der Waals surface area contributed by atoms with Crippen molar-refractivity contribution >= 4 is 9.24 Å². The van der Waals surface area contributed by atoms with Crippen LogP contribution in [0, 0.1) is 0 Å². The summed E-state index contributed by atoms with van der Waals surface area (Å²) in [6.45, 7) is 0. The Hall–Kier alpha value is 0.430. The van der Waals surface area contributed by atoms with Crippen LogP contribution >= 0.6 is 9.24 Å². The lowest BCUT2D eigenvalue weighted by molar-refractivity contribution is 0.886. The molecule has 0 aromatic rings. The maximum atomic E-state index is 2.16. The Balaban J connectivity index is 2.18. The Kier molecular flexibility index (Phi) is 1.48. The first-order chi connectivity index (χ1) is 2.89. The molecule has 0 radical (unpaired) electrons. The van der Waals surface area contributed by atoms with Crippen LogP contribution in [0.5, 0.6) is 0 Å². The SMILES string of the molecule is [PH3+]C1CCCC1. The molecule has 0 saturated heterocycles. The van der Waals surface area contributed by atoms with Crippen LogP contribution < -0.4 is 0 Å². The Labute approximate surface area is 41.5 Å². The van der Waals surface area contributed by atoms with Crippen LogP contribution in [0.2, 0.25) is 0 Å². The molecule has 36 valence electrons. The van der Waals surface area contributed by atoms with E-state index in [2.05, 4.69) is 9.24 Å². The topological polar surface area (TPSA) is 0 Å². The van der Waals surface area contributed by atoms with Crippen LogP contribution in [0.3, 0.4) is 0 Å². The van der Waals surface area contributed by atoms with Gasteiger partial charge in [0.15, 0.2) is 0 Å². The summed E-state index contributed by atoms with van der Waals surface area (Å²) in [5, 5.41) is 0. The first kappa shape index (κ1) is 4.59. The maximum Gasteiger partial charge on any atom is 0.0630 e. The van der Waals surface area contributed by atoms with Gasteiger partial charge in [-0.05, 0) is 34.9 Å². The monoisotopic (exact) mass is 103 g/mol. The molecule has 0 aliphatic heterocycles. The third kappa shape index (κ3) is 0.944. The smallest absolute Gasteiger partial charge is 0.0494 e. The third-order valence-corrected chi connectivity index (χ3v) is 2.29. The van der Waals surface area contributed by atoms with Gasteiger partial charge in [0.1, 0.15) is 0 Å². The van der Waals surface area contributed by atoms with Gasteiger partial charge in [0.25, 0.3) is 0 Å². The molecule has 1 unspecified atom stereocenters. The average Bonchev–Trinajstić information content (AvgIpc) is 1.86. The molecule has 1 aliphatic carbocycles. The van der Waals surface area contributed by atoms with Gasteiger partial charge in [-0.15, -0.1) is 0 Å². The summed E-state index contributed by atoms with van der Waals surface area (Å²) in [6, 6.07) is 0. The Bertz CT molecular complexity index is 37.2. The largest absolute Gasteiger partial charge is 0.0630 e. The highest BCUT2D eigenvalue weighted by molar-refractivity contribution is 7.17. The molecular weight excluding hydrogens is 91.0 g/mol. The van der Waals surface area contributed by atoms with Gasteiger partial charge < -0.3 is 0 Å². The quantitative estimate of drug-likeness (QED) is 0.408. The van der Waals surface area contributed by atoms with E-state index in [0.29, 0.717) is 0 Å². The highest BCUT2D eigenvalue weighted by atomic mass is 31.0. The lowest BCUT2D eigenvalue weighted by Gasteiger charge is -1.84. The molecule has 0 amide bonds. The van der Waals surface area contributed by atoms with Gasteiger partial charge in [-0.2, -0.15) is 0 Å². The van der Waals surface area contributed by atoms with Crippen LogP contribution in [-0.4, -0.2) is 5.66 Å². The number of rotatable bonds is 0. The van der Waals surface area contributed by atoms with Crippen molar-refractivity contribution in [3.05, 3.63) is 0 Å². The van der Waals surface area contributed by atoms with E-state index >= 15 is 0 Å². The first-order valence-electron chi connectivity index (χ1n) is 2.72. The van der Waals surface area contributed by atoms with Crippen molar-refractivity contribution in [3.63, 3.8) is 0 Å². The van der Waals surface area contributed by atoms with Gasteiger partial charge in [-0.3, -0.25) is 0 Å². The maximum absolute atomic E-state index is 2.16. The highest BCUT2D eigenvalue weighted by Crippen LogP contribution is 2.24. The summed E-state index contributed by atoms with van der Waals surface area (Å²) in [5.74, 6) is 0. The minimum atomic E-state index is 1.07. The molecule has 0 bridgehead atoms. The molecule has 1 heteroatoms. The van der Waals surface area contributed by atoms with Gasteiger partial charge >= 0.3 is 0 Å². The van der Waals surface area contributed by atoms with Crippen LogP contribution in [0.1, 0.15) is 25.7 Å². The normalized spacial score (nSPS) is 26.0. The summed E-state index contributed by atoms with van der Waals surface area (Å²) in [6.07, 6.45) is 5.99. The van der Waals surface area contributed by atoms with Crippen molar-refractivity contribution in [2.75, 3.05) is 0 Å². The molecule has 0 heterocycles. The van der Waals surface area contributed by atoms with Gasteiger partial charge in [0.2, 0.25) is 0 Å². The molecular formula is C5H12P+. The molecule has 0 aromatic carbocycles. The van der Waals surface area contributed by atoms with Crippen molar-refractivity contribution in [2.45, 2.75) is 31.3 Å². The van der Waals surface area contributed by atoms with Gasteiger partial charge in [0.05, 0.1) is 5.66 Å². The predicted octanol–water partition coefficient (Wildman–Crippen LogP) is 1.54. The molecule has 1 atom stereocenters. The molecule has 6 heavy (non-hydrogen) atoms. The second-order valence-electron chi connectivity index (χ2n) is 2.15. The van der Waals surface area contributed by atoms with Gasteiger partial charge in [-0.1, -0.05) is 0 Å². The van der Waals surface area contributed by atoms with Crippen molar-refractivity contribution < 1.29 is 0 Å². The van der Waals surface area contributed by atoms with E-state index in [1.54, 1.807) is 0 Å². The van der Waals surface area contributed by atoms with Crippen LogP contribution in [0.4, 0.5) is 0 Å². The van der Waals surface area contributed by atoms with E-state index in [-0.39, 0.29) is 0 Å². The van der Waals surface area contributed by atoms with Gasteiger partial charge in [-0.25, -0.2) is 0 Å². The molecule has 1 aliphatic rings. The van der Waals surface area contributed by atoms with E-state index in [4.69, 9.17) is 0 Å². The third-order valence-electron chi connectivity index (χ3n) is 1.47. The van der Waals surface area contributed by atoms with E-state index in [1.165, 1.54) is 25.7 Å². The van der Waals surface area contributed by atoms with E-state index in [1.807, 2.05) is 0 Å². The fraction of sp³-hybridized carbons (Fsp3) is 1.00. The standard InChI is InChI=1S/C5H11P/c6-5-3-1-2-4-5/h5H,1-4,6H2/p+1. The highest BCUT2D eigenvalue weighted by Gasteiger charge is 2.11. The van der Waals surface area contributed by atoms with Gasteiger partial charge in [0, 0.05) is 0 Å². The Morgan fingerprint density at radius 1 is 1.17 bits per heavy atom. The molecule has 0 spiro atoms. The van der Waals surface area contributed by atoms with Crippen molar-refractivity contribution in [1.29, 1.82) is 0 Å². The van der Waals surface area contributed by atoms with Crippen molar-refractivity contribution in [1.82, 2.24) is 0 Å². The zero-order chi connectivity index (χ0) is 4.41. The molecule has 1 fully saturated rings. The lowest BCUT2D eigenvalue weighted by atomic mass is 10.4. The van der Waals surface area contributed by atoms with Crippen molar-refractivity contribution in [3.8, 4) is 0 Å². The second kappa shape index (κ2) is 1.93. The van der Waals surface area contributed by atoms with E-state index < -0.39 is 0 Å². The Morgan fingerprint density at radius 2 is 1.67 bits per heavy atom. The fourth-order valence-corrected chi connectivity index (χ4v) is 1.59. The zero-order valence-electron chi connectivity index (χ0n) is 4.11. The molecule has 0 N–H and O–H groups in total. The second-order valence-corrected chi connectivity index (χ2v) is 3.31. The zero-order valence-corrected chi connectivity index (χ0v) is 5.53. The first-order valence-corrected chi connectivity index (χ1v) is 3.54. The number of hydrogen-bond acceptors (Lipinski definition) is 0. The van der Waals surface area contributed by atoms with E-state index in [0.717, 1.165) is 5.66 Å². The summed E-state index contributed by atoms with van der Waals surface area (Å²) in [5.41, 5.74) is 1.07. The Morgan fingerprint density at radius 3 is 1.83 bits per heavy atom. The van der Waals surface area contributed by atoms with Crippen LogP contribution in [-0.2, 0) is 0 Å². The summed E-state index contributed by atoms with van der Waals surface area (Å²) < 4.78 is 0. The predicted molar refractivity (Wildman–Crippen MR) is 33.4 cm³/mol. The van der Waals surface area contributed by atoms with Crippen molar-refractivity contribution in [2.24, 2.45) is 0 Å². The minimum Gasteiger partial charge on any atom is -0.0494 e. The van der Waals surface area contributed by atoms with Crippen LogP contribution in [0.15, 0.2) is 0 Å². The number of hydrogen-bond donors (Lipinski definition) is 0. The fourth-order valence-electron chi connectivity index (χ4n) is 1.01. The van der Waals surface area contributed by atoms with Crippen LogP contribution in [0.25, 0.3) is 0 Å². The minimum absolute atomic E-state index is 1.07. The average molecular weight is 103 g/mol. The molecule has 0 aromatic heterocycles. The molecule has 1 saturated carbocycles. The lowest BCUT2D eigenvalue weighted by Crippen LogP contribution is -1.81. The molecule has 0 nitrogen and oxygen atoms in total. The molecule has 1 rings (SSSR count). The summed E-state index contributed by atoms with van der Waals surface area (Å²) >= 11 is 0. The summed E-state index contributed by atoms with van der Waals surface area (Å²) in [4.78, 5) is 0. The van der Waals surface area contributed by atoms with E-state index in [9.17, 15) is 0 Å².